The van der Waals surface area contributed by atoms with Gasteiger partial charge in [-0.3, -0.25) is 4.79 Å². The van der Waals surface area contributed by atoms with Gasteiger partial charge in [-0.25, -0.2) is 4.98 Å². The quantitative estimate of drug-likeness (QED) is 0.862. The third kappa shape index (κ3) is 3.51. The number of fused-ring (bicyclic) bond motifs is 1. The van der Waals surface area contributed by atoms with Gasteiger partial charge in [0.25, 0.3) is 0 Å². The largest absolute Gasteiger partial charge is 0.356 e. The topological polar surface area (TPSA) is 68.0 Å². The van der Waals surface area contributed by atoms with Crippen molar-refractivity contribution in [2.24, 2.45) is 5.73 Å². The van der Waals surface area contributed by atoms with Crippen molar-refractivity contribution in [3.63, 3.8) is 0 Å². The van der Waals surface area contributed by atoms with Crippen molar-refractivity contribution in [1.82, 2.24) is 10.3 Å². The molecule has 1 atom stereocenters. The van der Waals surface area contributed by atoms with E-state index in [0.29, 0.717) is 13.0 Å². The van der Waals surface area contributed by atoms with Crippen molar-refractivity contribution < 1.29 is 4.79 Å². The summed E-state index contributed by atoms with van der Waals surface area (Å²) in [5.74, 6) is 0.00566. The number of para-hydroxylation sites is 1. The smallest absolute Gasteiger partial charge is 0.221 e. The van der Waals surface area contributed by atoms with Crippen LogP contribution in [0.3, 0.4) is 0 Å². The van der Waals surface area contributed by atoms with Crippen LogP contribution in [-0.2, 0) is 11.2 Å². The summed E-state index contributed by atoms with van der Waals surface area (Å²) in [6.45, 7) is 2.44. The van der Waals surface area contributed by atoms with Crippen molar-refractivity contribution >= 4 is 27.5 Å². The summed E-state index contributed by atoms with van der Waals surface area (Å²) in [6, 6.07) is 7.97. The fourth-order valence-electron chi connectivity index (χ4n) is 1.70. The average molecular weight is 263 g/mol. The van der Waals surface area contributed by atoms with Crippen LogP contribution in [0.5, 0.6) is 0 Å². The number of nitrogens with two attached hydrogens (primary N) is 1. The molecule has 0 fully saturated rings. The zero-order valence-corrected chi connectivity index (χ0v) is 11.2. The van der Waals surface area contributed by atoms with E-state index < -0.39 is 0 Å². The fourth-order valence-corrected chi connectivity index (χ4v) is 2.67. The van der Waals surface area contributed by atoms with Gasteiger partial charge in [0.2, 0.25) is 5.91 Å². The van der Waals surface area contributed by atoms with Crippen LogP contribution >= 0.6 is 11.3 Å². The predicted octanol–water partition coefficient (Wildman–Crippen LogP) is 1.69. The molecular formula is C13H17N3OS. The second-order valence-corrected chi connectivity index (χ2v) is 5.47. The molecule has 3 N–H and O–H groups in total. The highest BCUT2D eigenvalue weighted by Crippen LogP contribution is 2.21. The maximum absolute atomic E-state index is 11.4. The highest BCUT2D eigenvalue weighted by Gasteiger charge is 2.06. The molecule has 4 nitrogen and oxygen atoms in total. The molecule has 1 unspecified atom stereocenters. The number of carbonyl (C=O) groups is 1. The fraction of sp³-hybridized carbons (Fsp3) is 0.385. The van der Waals surface area contributed by atoms with Gasteiger partial charge >= 0.3 is 0 Å². The van der Waals surface area contributed by atoms with Gasteiger partial charge in [-0.1, -0.05) is 12.1 Å². The Morgan fingerprint density at radius 2 is 2.28 bits per heavy atom. The summed E-state index contributed by atoms with van der Waals surface area (Å²) in [5, 5.41) is 3.91. The van der Waals surface area contributed by atoms with Gasteiger partial charge in [-0.05, 0) is 19.1 Å². The Morgan fingerprint density at radius 1 is 1.50 bits per heavy atom. The van der Waals surface area contributed by atoms with Crippen LogP contribution in [0.1, 0.15) is 18.4 Å². The van der Waals surface area contributed by atoms with E-state index in [2.05, 4.69) is 16.4 Å². The molecule has 0 spiro atoms. The maximum atomic E-state index is 11.4. The van der Waals surface area contributed by atoms with Crippen molar-refractivity contribution in [3.8, 4) is 0 Å². The number of hydrogen-bond donors (Lipinski definition) is 2. The van der Waals surface area contributed by atoms with Crippen LogP contribution in [-0.4, -0.2) is 23.5 Å². The Labute approximate surface area is 110 Å². The van der Waals surface area contributed by atoms with E-state index in [1.165, 1.54) is 4.70 Å². The monoisotopic (exact) mass is 263 g/mol. The van der Waals surface area contributed by atoms with Crippen molar-refractivity contribution in [2.45, 2.75) is 25.8 Å². The predicted molar refractivity (Wildman–Crippen MR) is 74.6 cm³/mol. The molecule has 0 aliphatic carbocycles. The summed E-state index contributed by atoms with van der Waals surface area (Å²) in [6.07, 6.45) is 1.14. The molecule has 0 aliphatic heterocycles. The van der Waals surface area contributed by atoms with E-state index in [-0.39, 0.29) is 11.9 Å². The first-order valence-electron chi connectivity index (χ1n) is 6.02. The second kappa shape index (κ2) is 5.93. The number of rotatable bonds is 5. The molecule has 1 heterocycles. The van der Waals surface area contributed by atoms with Crippen LogP contribution in [0.2, 0.25) is 0 Å². The summed E-state index contributed by atoms with van der Waals surface area (Å²) >= 11 is 1.68. The highest BCUT2D eigenvalue weighted by atomic mass is 32.1. The minimum Gasteiger partial charge on any atom is -0.356 e. The van der Waals surface area contributed by atoms with Gasteiger partial charge in [0.15, 0.2) is 0 Å². The lowest BCUT2D eigenvalue weighted by Crippen LogP contribution is -2.31. The zero-order valence-electron chi connectivity index (χ0n) is 10.3. The van der Waals surface area contributed by atoms with Crippen molar-refractivity contribution in [1.29, 1.82) is 0 Å². The van der Waals surface area contributed by atoms with Gasteiger partial charge < -0.3 is 11.1 Å². The van der Waals surface area contributed by atoms with Crippen molar-refractivity contribution in [2.75, 3.05) is 6.54 Å². The number of amides is 1. The van der Waals surface area contributed by atoms with E-state index in [9.17, 15) is 4.79 Å². The normalized spacial score (nSPS) is 12.6. The van der Waals surface area contributed by atoms with E-state index in [4.69, 9.17) is 5.73 Å². The maximum Gasteiger partial charge on any atom is 0.221 e. The summed E-state index contributed by atoms with van der Waals surface area (Å²) < 4.78 is 1.19. The molecule has 96 valence electrons. The number of benzene rings is 1. The van der Waals surface area contributed by atoms with Gasteiger partial charge in [0.1, 0.15) is 0 Å². The molecule has 0 saturated heterocycles. The third-order valence-corrected chi connectivity index (χ3v) is 3.60. The lowest BCUT2D eigenvalue weighted by Gasteiger charge is -2.05. The number of nitrogens with one attached hydrogen (secondary N) is 1. The molecule has 0 radical (unpaired) electrons. The van der Waals surface area contributed by atoms with Gasteiger partial charge in [-0.2, -0.15) is 0 Å². The molecule has 5 heteroatoms. The van der Waals surface area contributed by atoms with Crippen LogP contribution in [0, 0.1) is 0 Å². The summed E-state index contributed by atoms with van der Waals surface area (Å²) in [4.78, 5) is 15.9. The number of hydrogen-bond acceptors (Lipinski definition) is 4. The molecule has 0 aliphatic rings. The first-order chi connectivity index (χ1) is 8.65. The Hall–Kier alpha value is -1.46. The molecular weight excluding hydrogens is 246 g/mol. The van der Waals surface area contributed by atoms with E-state index >= 15 is 0 Å². The minimum absolute atomic E-state index is 0.00566. The third-order valence-electron chi connectivity index (χ3n) is 2.51. The Morgan fingerprint density at radius 3 is 3.00 bits per heavy atom. The summed E-state index contributed by atoms with van der Waals surface area (Å²) in [5.41, 5.74) is 6.58. The average Bonchev–Trinajstić information content (AvgIpc) is 2.70. The molecule has 18 heavy (non-hydrogen) atoms. The SMILES string of the molecule is CC(N)CC(=O)NCCc1nc2ccccc2s1. The molecule has 2 aromatic rings. The van der Waals surface area contributed by atoms with Crippen LogP contribution in [0.25, 0.3) is 10.2 Å². The standard InChI is InChI=1S/C13H17N3OS/c1-9(14)8-12(17)15-7-6-13-16-10-4-2-3-5-11(10)18-13/h2-5,9H,6-8,14H2,1H3,(H,15,17). The van der Waals surface area contributed by atoms with Crippen molar-refractivity contribution in [3.05, 3.63) is 29.3 Å². The zero-order chi connectivity index (χ0) is 13.0. The van der Waals surface area contributed by atoms with Gasteiger partial charge in [-0.15, -0.1) is 11.3 Å². The van der Waals surface area contributed by atoms with Gasteiger partial charge in [0.05, 0.1) is 15.2 Å². The van der Waals surface area contributed by atoms with Crippen LogP contribution in [0.4, 0.5) is 0 Å². The number of nitrogens with zero attached hydrogens (tertiary/aromatic N) is 1. The summed E-state index contributed by atoms with van der Waals surface area (Å²) in [7, 11) is 0. The first kappa shape index (κ1) is 13.0. The van der Waals surface area contributed by atoms with Crippen LogP contribution < -0.4 is 11.1 Å². The van der Waals surface area contributed by atoms with E-state index in [1.807, 2.05) is 25.1 Å². The van der Waals surface area contributed by atoms with E-state index in [1.54, 1.807) is 11.3 Å². The molecule has 2 rings (SSSR count). The number of aromatic nitrogens is 1. The number of thiazole rings is 1. The molecule has 1 amide bonds. The molecule has 1 aromatic heterocycles. The molecule has 1 aromatic carbocycles. The lowest BCUT2D eigenvalue weighted by atomic mass is 10.2. The molecule has 0 saturated carbocycles. The Kier molecular flexibility index (Phi) is 4.28. The first-order valence-corrected chi connectivity index (χ1v) is 6.83. The number of carbonyl (C=O) groups excluding carboxylic acids is 1. The lowest BCUT2D eigenvalue weighted by molar-refractivity contribution is -0.121. The second-order valence-electron chi connectivity index (χ2n) is 4.36. The van der Waals surface area contributed by atoms with E-state index in [0.717, 1.165) is 16.9 Å². The Balaban J connectivity index is 1.85. The highest BCUT2D eigenvalue weighted by molar-refractivity contribution is 7.18. The van der Waals surface area contributed by atoms with Crippen LogP contribution in [0.15, 0.2) is 24.3 Å². The Bertz CT molecular complexity index is 503. The molecule has 0 bridgehead atoms. The van der Waals surface area contributed by atoms with Gasteiger partial charge in [0, 0.05) is 25.4 Å². The minimum atomic E-state index is -0.0903.